The third kappa shape index (κ3) is 5.70. The van der Waals surface area contributed by atoms with Crippen molar-refractivity contribution in [2.75, 3.05) is 7.05 Å². The number of nitrogens with one attached hydrogen (secondary N) is 1. The van der Waals surface area contributed by atoms with Crippen LogP contribution in [0, 0.1) is 0 Å². The maximum Gasteiger partial charge on any atom is 0.314 e. The highest BCUT2D eigenvalue weighted by Crippen LogP contribution is 2.42. The van der Waals surface area contributed by atoms with Crippen LogP contribution in [0.1, 0.15) is 47.9 Å². The van der Waals surface area contributed by atoms with Crippen molar-refractivity contribution in [1.82, 2.24) is 5.32 Å². The number of rotatable bonds is 4. The lowest BCUT2D eigenvalue weighted by molar-refractivity contribution is -0.147. The summed E-state index contributed by atoms with van der Waals surface area (Å²) >= 11 is 12.2. The van der Waals surface area contributed by atoms with Crippen LogP contribution in [-0.4, -0.2) is 29.2 Å². The maximum atomic E-state index is 9.43. The Labute approximate surface area is 167 Å². The molecule has 0 bridgehead atoms. The van der Waals surface area contributed by atoms with Crippen molar-refractivity contribution in [1.29, 1.82) is 0 Å². The zero-order valence-electron chi connectivity index (χ0n) is 14.8. The molecule has 0 unspecified atom stereocenters. The summed E-state index contributed by atoms with van der Waals surface area (Å²) in [6.45, 7) is 0. The van der Waals surface area contributed by atoms with Crippen LogP contribution in [0.2, 0.25) is 10.0 Å². The van der Waals surface area contributed by atoms with Gasteiger partial charge in [-0.3, -0.25) is 9.59 Å². The van der Waals surface area contributed by atoms with E-state index in [1.165, 1.54) is 16.7 Å². The Balaban J connectivity index is 0.000000321. The van der Waals surface area contributed by atoms with Crippen LogP contribution in [0.3, 0.4) is 0 Å². The summed E-state index contributed by atoms with van der Waals surface area (Å²) < 4.78 is 0. The lowest BCUT2D eigenvalue weighted by atomic mass is 9.77. The average molecular weight is 410 g/mol. The van der Waals surface area contributed by atoms with Gasteiger partial charge in [0.05, 0.1) is 10.0 Å². The van der Waals surface area contributed by atoms with E-state index in [2.05, 4.69) is 35.6 Å². The fourth-order valence-corrected chi connectivity index (χ4v) is 3.60. The van der Waals surface area contributed by atoms with Gasteiger partial charge in [0.2, 0.25) is 0 Å². The highest BCUT2D eigenvalue weighted by atomic mass is 35.5. The first kappa shape index (κ1) is 21.2. The van der Waals surface area contributed by atoms with Gasteiger partial charge in [-0.15, -0.1) is 0 Å². The molecule has 2 aromatic rings. The monoisotopic (exact) mass is 409 g/mol. The summed E-state index contributed by atoms with van der Waals surface area (Å²) in [6, 6.07) is 15.1. The molecule has 0 amide bonds. The average Bonchev–Trinajstić information content (AvgIpc) is 2.62. The van der Waals surface area contributed by atoms with Crippen LogP contribution in [0.25, 0.3) is 0 Å². The van der Waals surface area contributed by atoms with Crippen molar-refractivity contribution in [3.05, 3.63) is 69.2 Å². The Morgan fingerprint density at radius 1 is 1.00 bits per heavy atom. The summed E-state index contributed by atoms with van der Waals surface area (Å²) in [5, 5.41) is 20.1. The Bertz CT molecular complexity index is 813. The van der Waals surface area contributed by atoms with Crippen molar-refractivity contribution in [2.45, 2.75) is 31.2 Å². The molecule has 0 fully saturated rings. The highest BCUT2D eigenvalue weighted by Gasteiger charge is 2.27. The number of aliphatic carboxylic acids is 2. The Morgan fingerprint density at radius 2 is 1.63 bits per heavy atom. The highest BCUT2D eigenvalue weighted by molar-refractivity contribution is 6.42. The molecule has 27 heavy (non-hydrogen) atoms. The summed E-state index contributed by atoms with van der Waals surface area (Å²) in [6.07, 6.45) is 1.46. The number of carbonyl (C=O) groups is 2. The zero-order chi connectivity index (χ0) is 20.0. The fourth-order valence-electron chi connectivity index (χ4n) is 3.29. The lowest BCUT2D eigenvalue weighted by Gasteiger charge is -2.32. The summed E-state index contributed by atoms with van der Waals surface area (Å²) in [5.41, 5.74) is 4.05. The number of benzene rings is 2. The second kappa shape index (κ2) is 9.74. The minimum absolute atomic E-state index is 0.408. The predicted molar refractivity (Wildman–Crippen MR) is 106 cm³/mol. The Hall–Kier alpha value is -2.08. The van der Waals surface area contributed by atoms with Gasteiger partial charge in [0.25, 0.3) is 0 Å². The molecule has 3 rings (SSSR count). The number of hydrogen-bond acceptors (Lipinski definition) is 3. The van der Waals surface area contributed by atoms with E-state index in [-0.39, 0.29) is 0 Å². The van der Waals surface area contributed by atoms with Gasteiger partial charge in [0.1, 0.15) is 6.42 Å². The van der Waals surface area contributed by atoms with E-state index in [9.17, 15) is 9.59 Å². The van der Waals surface area contributed by atoms with Crippen molar-refractivity contribution in [3.63, 3.8) is 0 Å². The first-order chi connectivity index (χ1) is 12.8. The van der Waals surface area contributed by atoms with Gasteiger partial charge < -0.3 is 15.5 Å². The normalized spacial score (nSPS) is 18.0. The van der Waals surface area contributed by atoms with E-state index >= 15 is 0 Å². The quantitative estimate of drug-likeness (QED) is 0.635. The van der Waals surface area contributed by atoms with Gasteiger partial charge in [-0.2, -0.15) is 0 Å². The molecular formula is C20H21Cl2NO4. The van der Waals surface area contributed by atoms with Crippen LogP contribution < -0.4 is 5.32 Å². The molecule has 0 spiro atoms. The van der Waals surface area contributed by atoms with E-state index in [4.69, 9.17) is 33.4 Å². The molecule has 0 heterocycles. The van der Waals surface area contributed by atoms with Crippen LogP contribution >= 0.6 is 23.2 Å². The molecule has 0 radical (unpaired) electrons. The SMILES string of the molecule is CN[C@H]1CC[C@@H](c2ccc(Cl)c(Cl)c2)c2ccccc21.O=C(O)CC(=O)O. The van der Waals surface area contributed by atoms with Crippen LogP contribution in [-0.2, 0) is 9.59 Å². The lowest BCUT2D eigenvalue weighted by Crippen LogP contribution is -2.24. The fraction of sp³-hybridized carbons (Fsp3) is 0.300. The third-order valence-electron chi connectivity index (χ3n) is 4.49. The van der Waals surface area contributed by atoms with E-state index in [0.717, 1.165) is 12.8 Å². The molecule has 3 N–H and O–H groups in total. The van der Waals surface area contributed by atoms with Gasteiger partial charge >= 0.3 is 11.9 Å². The Morgan fingerprint density at radius 3 is 2.15 bits per heavy atom. The molecule has 5 nitrogen and oxygen atoms in total. The molecule has 1 aliphatic rings. The predicted octanol–water partition coefficient (Wildman–Crippen LogP) is 4.73. The van der Waals surface area contributed by atoms with E-state index in [1.54, 1.807) is 0 Å². The molecular weight excluding hydrogens is 389 g/mol. The molecule has 144 valence electrons. The maximum absolute atomic E-state index is 9.43. The van der Waals surface area contributed by atoms with Crippen molar-refractivity contribution in [2.24, 2.45) is 0 Å². The van der Waals surface area contributed by atoms with Gasteiger partial charge in [0, 0.05) is 12.0 Å². The van der Waals surface area contributed by atoms with Crippen LogP contribution in [0.4, 0.5) is 0 Å². The van der Waals surface area contributed by atoms with E-state index in [1.807, 2.05) is 19.2 Å². The van der Waals surface area contributed by atoms with Gasteiger partial charge in [-0.05, 0) is 48.7 Å². The zero-order valence-corrected chi connectivity index (χ0v) is 16.3. The summed E-state index contributed by atoms with van der Waals surface area (Å²) in [5.74, 6) is -2.22. The molecule has 0 aromatic heterocycles. The largest absolute Gasteiger partial charge is 0.481 e. The molecule has 1 aliphatic carbocycles. The molecule has 0 saturated carbocycles. The summed E-state index contributed by atoms with van der Waals surface area (Å²) in [4.78, 5) is 18.9. The van der Waals surface area contributed by atoms with E-state index < -0.39 is 18.4 Å². The minimum atomic E-state index is -1.31. The molecule has 7 heteroatoms. The molecule has 2 aromatic carbocycles. The van der Waals surface area contributed by atoms with Crippen molar-refractivity contribution in [3.8, 4) is 0 Å². The Kier molecular flexibility index (Phi) is 7.66. The topological polar surface area (TPSA) is 86.6 Å². The number of halogens is 2. The van der Waals surface area contributed by atoms with Gasteiger partial charge in [-0.25, -0.2) is 0 Å². The molecule has 2 atom stereocenters. The van der Waals surface area contributed by atoms with Gasteiger partial charge in [-0.1, -0.05) is 53.5 Å². The number of carboxylic acids is 2. The second-order valence-electron chi connectivity index (χ2n) is 6.24. The smallest absolute Gasteiger partial charge is 0.314 e. The standard InChI is InChI=1S/C17H17Cl2N.C3H4O4/c1-20-17-9-7-12(13-4-2-3-5-14(13)17)11-6-8-15(18)16(19)10-11;4-2(5)1-3(6)7/h2-6,8,10,12,17,20H,7,9H2,1H3;1H2,(H,4,5)(H,6,7)/t12-,17-;/m0./s1. The number of hydrogen-bond donors (Lipinski definition) is 3. The van der Waals surface area contributed by atoms with Crippen LogP contribution in [0.15, 0.2) is 42.5 Å². The van der Waals surface area contributed by atoms with Crippen molar-refractivity contribution >= 4 is 35.1 Å². The number of carboxylic acid groups (broad SMARTS) is 2. The second-order valence-corrected chi connectivity index (χ2v) is 7.05. The molecule has 0 saturated heterocycles. The van der Waals surface area contributed by atoms with E-state index in [0.29, 0.717) is 22.0 Å². The van der Waals surface area contributed by atoms with Gasteiger partial charge in [0.15, 0.2) is 0 Å². The number of fused-ring (bicyclic) bond motifs is 1. The summed E-state index contributed by atoms with van der Waals surface area (Å²) in [7, 11) is 2.03. The minimum Gasteiger partial charge on any atom is -0.481 e. The van der Waals surface area contributed by atoms with Crippen molar-refractivity contribution < 1.29 is 19.8 Å². The van der Waals surface area contributed by atoms with Crippen LogP contribution in [0.5, 0.6) is 0 Å². The third-order valence-corrected chi connectivity index (χ3v) is 5.23. The first-order valence-corrected chi connectivity index (χ1v) is 9.23. The first-order valence-electron chi connectivity index (χ1n) is 8.48. The molecule has 0 aliphatic heterocycles.